The van der Waals surface area contributed by atoms with E-state index in [0.717, 1.165) is 11.3 Å². The van der Waals surface area contributed by atoms with E-state index < -0.39 is 0 Å². The molecule has 2 N–H and O–H groups in total. The van der Waals surface area contributed by atoms with Crippen LogP contribution in [-0.2, 0) is 4.79 Å². The minimum Gasteiger partial charge on any atom is -0.373 e. The second-order valence-corrected chi connectivity index (χ2v) is 5.40. The smallest absolute Gasteiger partial charge is 0.242 e. The van der Waals surface area contributed by atoms with Gasteiger partial charge in [0, 0.05) is 6.54 Å². The maximum atomic E-state index is 11.8. The molecule has 0 spiro atoms. The van der Waals surface area contributed by atoms with Crippen molar-refractivity contribution < 1.29 is 4.79 Å². The summed E-state index contributed by atoms with van der Waals surface area (Å²) < 4.78 is 0. The topological polar surface area (TPSA) is 41.1 Å². The van der Waals surface area contributed by atoms with Gasteiger partial charge < -0.3 is 10.6 Å². The van der Waals surface area contributed by atoms with Gasteiger partial charge in [0.15, 0.2) is 0 Å². The lowest BCUT2D eigenvalue weighted by Gasteiger charge is -2.17. The maximum absolute atomic E-state index is 11.8. The molecule has 0 fully saturated rings. The number of carbonyl (C=O) groups is 1. The molecule has 0 radical (unpaired) electrons. The van der Waals surface area contributed by atoms with E-state index in [1.54, 1.807) is 0 Å². The molecular weight excluding hydrogens is 248 g/mol. The summed E-state index contributed by atoms with van der Waals surface area (Å²) in [6.45, 7) is 8.62. The Morgan fingerprint density at radius 2 is 2.00 bits per heavy atom. The van der Waals surface area contributed by atoms with Crippen molar-refractivity contribution in [3.63, 3.8) is 0 Å². The van der Waals surface area contributed by atoms with Gasteiger partial charge in [0.1, 0.15) is 6.04 Å². The van der Waals surface area contributed by atoms with Crippen molar-refractivity contribution in [1.29, 1.82) is 0 Å². The van der Waals surface area contributed by atoms with Crippen molar-refractivity contribution in [2.45, 2.75) is 33.7 Å². The van der Waals surface area contributed by atoms with Crippen molar-refractivity contribution in [2.24, 2.45) is 5.92 Å². The van der Waals surface area contributed by atoms with Crippen LogP contribution in [0, 0.1) is 12.8 Å². The summed E-state index contributed by atoms with van der Waals surface area (Å²) in [5.74, 6) is 0.435. The normalized spacial score (nSPS) is 12.3. The van der Waals surface area contributed by atoms with Crippen molar-refractivity contribution in [2.75, 3.05) is 11.9 Å². The fourth-order valence-electron chi connectivity index (χ4n) is 1.49. The third-order valence-corrected chi connectivity index (χ3v) is 2.89. The van der Waals surface area contributed by atoms with Gasteiger partial charge in [-0.3, -0.25) is 4.79 Å². The Bertz CT molecular complexity index is 418. The lowest BCUT2D eigenvalue weighted by atomic mass is 10.2. The molecule has 0 aliphatic rings. The molecule has 4 heteroatoms. The maximum Gasteiger partial charge on any atom is 0.242 e. The van der Waals surface area contributed by atoms with Crippen molar-refractivity contribution >= 4 is 23.2 Å². The highest BCUT2D eigenvalue weighted by atomic mass is 35.5. The zero-order valence-corrected chi connectivity index (χ0v) is 12.1. The van der Waals surface area contributed by atoms with Crippen LogP contribution in [-0.4, -0.2) is 18.5 Å². The van der Waals surface area contributed by atoms with E-state index in [2.05, 4.69) is 24.5 Å². The molecule has 1 aromatic carbocycles. The number of aryl methyl sites for hydroxylation is 1. The summed E-state index contributed by atoms with van der Waals surface area (Å²) >= 11 is 6.11. The van der Waals surface area contributed by atoms with Crippen LogP contribution in [0.1, 0.15) is 26.3 Å². The van der Waals surface area contributed by atoms with Crippen molar-refractivity contribution in [3.05, 3.63) is 28.8 Å². The Kier molecular flexibility index (Phi) is 5.48. The fourth-order valence-corrected chi connectivity index (χ4v) is 1.78. The quantitative estimate of drug-likeness (QED) is 0.861. The highest BCUT2D eigenvalue weighted by Crippen LogP contribution is 2.23. The fraction of sp³-hybridized carbons (Fsp3) is 0.500. The number of halogens is 1. The van der Waals surface area contributed by atoms with Crippen LogP contribution < -0.4 is 10.6 Å². The van der Waals surface area contributed by atoms with Gasteiger partial charge in [0.2, 0.25) is 5.91 Å². The van der Waals surface area contributed by atoms with E-state index in [9.17, 15) is 4.79 Å². The highest BCUT2D eigenvalue weighted by Gasteiger charge is 2.13. The van der Waals surface area contributed by atoms with E-state index in [1.807, 2.05) is 32.0 Å². The first-order valence-electron chi connectivity index (χ1n) is 6.20. The molecule has 1 unspecified atom stereocenters. The summed E-state index contributed by atoms with van der Waals surface area (Å²) in [6.07, 6.45) is 0. The SMILES string of the molecule is Cc1ccc(NC(C)C(=O)NCC(C)C)c(Cl)c1. The Hall–Kier alpha value is -1.22. The molecule has 0 aromatic heterocycles. The number of rotatable bonds is 5. The first-order valence-corrected chi connectivity index (χ1v) is 6.58. The Morgan fingerprint density at radius 1 is 1.33 bits per heavy atom. The van der Waals surface area contributed by atoms with Crippen LogP contribution in [0.3, 0.4) is 0 Å². The van der Waals surface area contributed by atoms with Crippen molar-refractivity contribution in [3.8, 4) is 0 Å². The standard InChI is InChI=1S/C14H21ClN2O/c1-9(2)8-16-14(18)11(4)17-13-6-5-10(3)7-12(13)15/h5-7,9,11,17H,8H2,1-4H3,(H,16,18). The summed E-state index contributed by atoms with van der Waals surface area (Å²) in [4.78, 5) is 11.8. The number of carbonyl (C=O) groups excluding carboxylic acids is 1. The van der Waals surface area contributed by atoms with Gasteiger partial charge in [0.25, 0.3) is 0 Å². The molecule has 1 atom stereocenters. The molecule has 1 amide bonds. The molecule has 0 aliphatic carbocycles. The number of amides is 1. The lowest BCUT2D eigenvalue weighted by molar-refractivity contribution is -0.121. The summed E-state index contributed by atoms with van der Waals surface area (Å²) in [6, 6.07) is 5.43. The predicted molar refractivity (Wildman–Crippen MR) is 77.1 cm³/mol. The third-order valence-electron chi connectivity index (χ3n) is 2.57. The molecule has 1 rings (SSSR count). The average molecular weight is 269 g/mol. The Morgan fingerprint density at radius 3 is 2.56 bits per heavy atom. The molecule has 0 aliphatic heterocycles. The van der Waals surface area contributed by atoms with Crippen LogP contribution in [0.4, 0.5) is 5.69 Å². The van der Waals surface area contributed by atoms with Crippen LogP contribution in [0.2, 0.25) is 5.02 Å². The summed E-state index contributed by atoms with van der Waals surface area (Å²) in [5, 5.41) is 6.64. The Balaban J connectivity index is 2.58. The van der Waals surface area contributed by atoms with Gasteiger partial charge in [0.05, 0.1) is 10.7 Å². The summed E-state index contributed by atoms with van der Waals surface area (Å²) in [5.41, 5.74) is 1.89. The Labute approximate surface area is 114 Å². The van der Waals surface area contributed by atoms with E-state index in [4.69, 9.17) is 11.6 Å². The minimum absolute atomic E-state index is 0.0136. The number of hydrogen-bond donors (Lipinski definition) is 2. The van der Waals surface area contributed by atoms with E-state index in [-0.39, 0.29) is 11.9 Å². The molecular formula is C14H21ClN2O. The van der Waals surface area contributed by atoms with Crippen LogP contribution in [0.15, 0.2) is 18.2 Å². The largest absolute Gasteiger partial charge is 0.373 e. The second kappa shape index (κ2) is 6.64. The van der Waals surface area contributed by atoms with Gasteiger partial charge in [-0.15, -0.1) is 0 Å². The highest BCUT2D eigenvalue weighted by molar-refractivity contribution is 6.33. The third kappa shape index (κ3) is 4.57. The van der Waals surface area contributed by atoms with E-state index in [0.29, 0.717) is 17.5 Å². The molecule has 3 nitrogen and oxygen atoms in total. The van der Waals surface area contributed by atoms with E-state index in [1.165, 1.54) is 0 Å². The number of anilines is 1. The molecule has 100 valence electrons. The molecule has 0 heterocycles. The number of hydrogen-bond acceptors (Lipinski definition) is 2. The van der Waals surface area contributed by atoms with Crippen molar-refractivity contribution in [1.82, 2.24) is 5.32 Å². The average Bonchev–Trinajstić information content (AvgIpc) is 2.29. The van der Waals surface area contributed by atoms with E-state index >= 15 is 0 Å². The van der Waals surface area contributed by atoms with Gasteiger partial charge in [-0.05, 0) is 37.5 Å². The first-order chi connectivity index (χ1) is 8.40. The van der Waals surface area contributed by atoms with Gasteiger partial charge in [-0.25, -0.2) is 0 Å². The molecule has 0 bridgehead atoms. The van der Waals surface area contributed by atoms with Crippen LogP contribution >= 0.6 is 11.6 Å². The lowest BCUT2D eigenvalue weighted by Crippen LogP contribution is -2.39. The molecule has 0 saturated carbocycles. The zero-order valence-electron chi connectivity index (χ0n) is 11.4. The zero-order chi connectivity index (χ0) is 13.7. The monoisotopic (exact) mass is 268 g/mol. The van der Waals surface area contributed by atoms with Gasteiger partial charge >= 0.3 is 0 Å². The van der Waals surface area contributed by atoms with Crippen LogP contribution in [0.25, 0.3) is 0 Å². The second-order valence-electron chi connectivity index (χ2n) is 4.99. The number of benzene rings is 1. The molecule has 18 heavy (non-hydrogen) atoms. The molecule has 1 aromatic rings. The molecule has 0 saturated heterocycles. The number of nitrogens with one attached hydrogen (secondary N) is 2. The first kappa shape index (κ1) is 14.8. The predicted octanol–water partition coefficient (Wildman–Crippen LogP) is 3.22. The van der Waals surface area contributed by atoms with Gasteiger partial charge in [-0.1, -0.05) is 31.5 Å². The van der Waals surface area contributed by atoms with Gasteiger partial charge in [-0.2, -0.15) is 0 Å². The summed E-state index contributed by atoms with van der Waals surface area (Å²) in [7, 11) is 0. The minimum atomic E-state index is -0.302. The van der Waals surface area contributed by atoms with Crippen LogP contribution in [0.5, 0.6) is 0 Å².